The van der Waals surface area contributed by atoms with Gasteiger partial charge in [-0.05, 0) is 29.8 Å². The summed E-state index contributed by atoms with van der Waals surface area (Å²) < 4.78 is 0. The number of hydrogen-bond acceptors (Lipinski definition) is 4. The zero-order valence-electron chi connectivity index (χ0n) is 12.9. The maximum Gasteiger partial charge on any atom is 0.193 e. The van der Waals surface area contributed by atoms with Crippen LogP contribution in [-0.2, 0) is 6.54 Å². The molecule has 0 N–H and O–H groups in total. The molecule has 2 aromatic rings. The lowest BCUT2D eigenvalue weighted by Crippen LogP contribution is -2.31. The highest BCUT2D eigenvalue weighted by atomic mass is 32.2. The lowest BCUT2D eigenvalue weighted by Gasteiger charge is -2.26. The Bertz CT molecular complexity index is 711. The Balaban J connectivity index is 1.68. The fraction of sp³-hybridized carbons (Fsp3) is 0.263. The van der Waals surface area contributed by atoms with Crippen molar-refractivity contribution in [3.05, 3.63) is 70.8 Å². The molecule has 1 heterocycles. The van der Waals surface area contributed by atoms with Gasteiger partial charge in [0.15, 0.2) is 5.78 Å². The molecular weight excluding hydrogens is 304 g/mol. The molecule has 0 aliphatic carbocycles. The Hall–Kier alpha value is -2.09. The standard InChI is InChI=1S/C19H18N2OS/c20-13-15-1-5-17(6-2-15)19(22)18-7-3-16(4-8-18)14-21-9-11-23-12-10-21/h1-8H,9-12,14H2. The summed E-state index contributed by atoms with van der Waals surface area (Å²) in [7, 11) is 0. The predicted octanol–water partition coefficient (Wildman–Crippen LogP) is 3.34. The SMILES string of the molecule is N#Cc1ccc(C(=O)c2ccc(CN3CCSCC3)cc2)cc1. The van der Waals surface area contributed by atoms with Crippen LogP contribution in [0.2, 0.25) is 0 Å². The monoisotopic (exact) mass is 322 g/mol. The number of benzene rings is 2. The van der Waals surface area contributed by atoms with Crippen LogP contribution in [0.4, 0.5) is 0 Å². The minimum atomic E-state index is -0.00425. The fourth-order valence-electron chi connectivity index (χ4n) is 2.64. The van der Waals surface area contributed by atoms with E-state index in [0.29, 0.717) is 16.7 Å². The summed E-state index contributed by atoms with van der Waals surface area (Å²) in [6.45, 7) is 3.22. The number of nitriles is 1. The predicted molar refractivity (Wildman–Crippen MR) is 93.6 cm³/mol. The van der Waals surface area contributed by atoms with Crippen LogP contribution in [0, 0.1) is 11.3 Å². The summed E-state index contributed by atoms with van der Waals surface area (Å²) in [6.07, 6.45) is 0. The molecule has 0 spiro atoms. The Kier molecular flexibility index (Phi) is 5.12. The molecule has 1 aliphatic heterocycles. The number of rotatable bonds is 4. The summed E-state index contributed by atoms with van der Waals surface area (Å²) in [6, 6.07) is 16.7. The summed E-state index contributed by atoms with van der Waals surface area (Å²) in [5.41, 5.74) is 3.11. The van der Waals surface area contributed by atoms with Crippen molar-refractivity contribution in [3.63, 3.8) is 0 Å². The van der Waals surface area contributed by atoms with E-state index in [2.05, 4.69) is 11.0 Å². The number of carbonyl (C=O) groups excluding carboxylic acids is 1. The van der Waals surface area contributed by atoms with Crippen molar-refractivity contribution in [1.82, 2.24) is 4.90 Å². The van der Waals surface area contributed by atoms with Crippen molar-refractivity contribution in [3.8, 4) is 6.07 Å². The molecule has 2 aromatic carbocycles. The summed E-state index contributed by atoms with van der Waals surface area (Å²) in [4.78, 5) is 14.9. The van der Waals surface area contributed by atoms with Gasteiger partial charge >= 0.3 is 0 Å². The molecule has 1 fully saturated rings. The van der Waals surface area contributed by atoms with E-state index in [1.165, 1.54) is 17.1 Å². The molecule has 1 aliphatic rings. The molecular formula is C19H18N2OS. The highest BCUT2D eigenvalue weighted by molar-refractivity contribution is 7.99. The Labute approximate surface area is 140 Å². The Morgan fingerprint density at radius 2 is 1.57 bits per heavy atom. The molecule has 0 radical (unpaired) electrons. The highest BCUT2D eigenvalue weighted by Crippen LogP contribution is 2.15. The molecule has 0 unspecified atom stereocenters. The van der Waals surface area contributed by atoms with E-state index in [0.717, 1.165) is 19.6 Å². The van der Waals surface area contributed by atoms with Crippen LogP contribution in [0.3, 0.4) is 0 Å². The van der Waals surface area contributed by atoms with Crippen molar-refractivity contribution in [2.75, 3.05) is 24.6 Å². The molecule has 3 rings (SSSR count). The van der Waals surface area contributed by atoms with E-state index in [1.54, 1.807) is 24.3 Å². The minimum absolute atomic E-state index is 0.00425. The number of ketones is 1. The number of hydrogen-bond donors (Lipinski definition) is 0. The van der Waals surface area contributed by atoms with E-state index in [-0.39, 0.29) is 5.78 Å². The van der Waals surface area contributed by atoms with E-state index in [9.17, 15) is 4.79 Å². The van der Waals surface area contributed by atoms with Crippen LogP contribution in [0.1, 0.15) is 27.0 Å². The smallest absolute Gasteiger partial charge is 0.193 e. The molecule has 4 heteroatoms. The van der Waals surface area contributed by atoms with Crippen molar-refractivity contribution >= 4 is 17.5 Å². The lowest BCUT2D eigenvalue weighted by molar-refractivity contribution is 0.103. The minimum Gasteiger partial charge on any atom is -0.297 e. The third kappa shape index (κ3) is 4.01. The maximum atomic E-state index is 12.5. The van der Waals surface area contributed by atoms with Gasteiger partial charge in [-0.2, -0.15) is 17.0 Å². The van der Waals surface area contributed by atoms with Gasteiger partial charge in [-0.3, -0.25) is 9.69 Å². The molecule has 116 valence electrons. The van der Waals surface area contributed by atoms with Gasteiger partial charge in [-0.15, -0.1) is 0 Å². The normalized spacial score (nSPS) is 15.1. The van der Waals surface area contributed by atoms with Gasteiger partial charge in [0.2, 0.25) is 0 Å². The van der Waals surface area contributed by atoms with Crippen LogP contribution in [0.5, 0.6) is 0 Å². The van der Waals surface area contributed by atoms with Gasteiger partial charge in [-0.1, -0.05) is 24.3 Å². The molecule has 23 heavy (non-hydrogen) atoms. The second-order valence-electron chi connectivity index (χ2n) is 5.60. The van der Waals surface area contributed by atoms with E-state index < -0.39 is 0 Å². The van der Waals surface area contributed by atoms with Gasteiger partial charge in [0, 0.05) is 42.3 Å². The lowest BCUT2D eigenvalue weighted by atomic mass is 10.0. The number of carbonyl (C=O) groups is 1. The first-order chi connectivity index (χ1) is 11.3. The average molecular weight is 322 g/mol. The number of thioether (sulfide) groups is 1. The second-order valence-corrected chi connectivity index (χ2v) is 6.83. The molecule has 0 saturated carbocycles. The Morgan fingerprint density at radius 3 is 2.13 bits per heavy atom. The van der Waals surface area contributed by atoms with Gasteiger partial charge < -0.3 is 0 Å². The summed E-state index contributed by atoms with van der Waals surface area (Å²) in [5, 5.41) is 8.81. The van der Waals surface area contributed by atoms with Gasteiger partial charge in [0.1, 0.15) is 0 Å². The van der Waals surface area contributed by atoms with Crippen LogP contribution < -0.4 is 0 Å². The van der Waals surface area contributed by atoms with Crippen LogP contribution in [0.25, 0.3) is 0 Å². The molecule has 0 bridgehead atoms. The zero-order valence-corrected chi connectivity index (χ0v) is 13.7. The summed E-state index contributed by atoms with van der Waals surface area (Å²) >= 11 is 2.01. The first kappa shape index (κ1) is 15.8. The Morgan fingerprint density at radius 1 is 1.00 bits per heavy atom. The molecule has 0 amide bonds. The molecule has 0 atom stereocenters. The van der Waals surface area contributed by atoms with Crippen LogP contribution in [0.15, 0.2) is 48.5 Å². The molecule has 1 saturated heterocycles. The number of nitrogens with zero attached hydrogens (tertiary/aromatic N) is 2. The van der Waals surface area contributed by atoms with Crippen molar-refractivity contribution in [1.29, 1.82) is 5.26 Å². The third-order valence-corrected chi connectivity index (χ3v) is 4.94. The highest BCUT2D eigenvalue weighted by Gasteiger charge is 2.12. The van der Waals surface area contributed by atoms with Gasteiger partial charge in [0.25, 0.3) is 0 Å². The van der Waals surface area contributed by atoms with Crippen molar-refractivity contribution in [2.24, 2.45) is 0 Å². The topological polar surface area (TPSA) is 44.1 Å². The van der Waals surface area contributed by atoms with Crippen LogP contribution >= 0.6 is 11.8 Å². The summed E-state index contributed by atoms with van der Waals surface area (Å²) in [5.74, 6) is 2.40. The first-order valence-electron chi connectivity index (χ1n) is 7.70. The van der Waals surface area contributed by atoms with E-state index in [4.69, 9.17) is 5.26 Å². The first-order valence-corrected chi connectivity index (χ1v) is 8.85. The quantitative estimate of drug-likeness (QED) is 0.810. The van der Waals surface area contributed by atoms with E-state index >= 15 is 0 Å². The van der Waals surface area contributed by atoms with Crippen molar-refractivity contribution < 1.29 is 4.79 Å². The van der Waals surface area contributed by atoms with E-state index in [1.807, 2.05) is 36.0 Å². The second kappa shape index (κ2) is 7.45. The largest absolute Gasteiger partial charge is 0.297 e. The van der Waals surface area contributed by atoms with Crippen LogP contribution in [-0.4, -0.2) is 35.3 Å². The zero-order chi connectivity index (χ0) is 16.1. The van der Waals surface area contributed by atoms with Crippen molar-refractivity contribution in [2.45, 2.75) is 6.54 Å². The molecule has 3 nitrogen and oxygen atoms in total. The average Bonchev–Trinajstić information content (AvgIpc) is 2.63. The maximum absolute atomic E-state index is 12.5. The molecule has 0 aromatic heterocycles. The fourth-order valence-corrected chi connectivity index (χ4v) is 3.62. The van der Waals surface area contributed by atoms with Gasteiger partial charge in [0.05, 0.1) is 11.6 Å². The van der Waals surface area contributed by atoms with Gasteiger partial charge in [-0.25, -0.2) is 0 Å². The third-order valence-electron chi connectivity index (χ3n) is 4.00.